The Balaban J connectivity index is 2.05. The summed E-state index contributed by atoms with van der Waals surface area (Å²) < 4.78 is 13.3. The maximum Gasteiger partial charge on any atom is 0.322 e. The van der Waals surface area contributed by atoms with Crippen LogP contribution in [0.5, 0.6) is 0 Å². The average Bonchev–Trinajstić information content (AvgIpc) is 2.51. The molecule has 0 aliphatic carbocycles. The summed E-state index contributed by atoms with van der Waals surface area (Å²) in [4.78, 5) is 25.2. The third kappa shape index (κ3) is 4.96. The van der Waals surface area contributed by atoms with Gasteiger partial charge in [-0.3, -0.25) is 4.79 Å². The smallest absolute Gasteiger partial charge is 0.322 e. The molecule has 1 aliphatic rings. The molecule has 7 heteroatoms. The lowest BCUT2D eigenvalue weighted by molar-refractivity contribution is -0.116. The van der Waals surface area contributed by atoms with Gasteiger partial charge in [-0.25, -0.2) is 9.18 Å². The van der Waals surface area contributed by atoms with Crippen LogP contribution in [0.2, 0.25) is 5.02 Å². The predicted octanol–water partition coefficient (Wildman–Crippen LogP) is 4.17. The fourth-order valence-electron chi connectivity index (χ4n) is 2.22. The summed E-state index contributed by atoms with van der Waals surface area (Å²) in [7, 11) is 0. The van der Waals surface area contributed by atoms with Crippen molar-refractivity contribution in [3.63, 3.8) is 0 Å². The monoisotopic (exact) mass is 339 g/mol. The molecule has 3 amide bonds. The lowest BCUT2D eigenvalue weighted by Gasteiger charge is -2.25. The van der Waals surface area contributed by atoms with Crippen LogP contribution in [0, 0.1) is 0 Å². The van der Waals surface area contributed by atoms with E-state index in [4.69, 9.17) is 11.6 Å². The van der Waals surface area contributed by atoms with Gasteiger partial charge in [-0.2, -0.15) is 0 Å². The molecule has 2 N–H and O–H groups in total. The number of nitrogens with one attached hydrogen (secondary N) is 2. The van der Waals surface area contributed by atoms with E-state index in [0.29, 0.717) is 35.8 Å². The third-order valence-electron chi connectivity index (χ3n) is 3.36. The molecule has 2 rings (SSSR count). The van der Waals surface area contributed by atoms with Gasteiger partial charge in [-0.15, -0.1) is 0 Å². The average molecular weight is 340 g/mol. The van der Waals surface area contributed by atoms with E-state index in [2.05, 4.69) is 10.6 Å². The number of hydrogen-bond donors (Lipinski definition) is 2. The van der Waals surface area contributed by atoms with E-state index < -0.39 is 6.03 Å². The van der Waals surface area contributed by atoms with Crippen LogP contribution in [0.15, 0.2) is 30.1 Å². The first-order chi connectivity index (χ1) is 11.0. The zero-order valence-electron chi connectivity index (χ0n) is 12.9. The number of anilines is 2. The number of carbonyl (C=O) groups is 2. The molecule has 0 bridgehead atoms. The summed E-state index contributed by atoms with van der Waals surface area (Å²) in [6.07, 6.45) is 3.13. The molecular formula is C16H19ClFN3O2. The third-order valence-corrected chi connectivity index (χ3v) is 3.69. The standard InChI is InChI=1S/C16H19ClFN3O2/c1-2-4-15(22)19-12-6-7-13(17)14(9-12)20-16(23)21-8-3-5-11(18)10-21/h5-7,9H,2-4,8,10H2,1H3,(H,19,22)(H,20,23). The first kappa shape index (κ1) is 17.3. The minimum absolute atomic E-state index is 0.0453. The molecule has 5 nitrogen and oxygen atoms in total. The van der Waals surface area contributed by atoms with Crippen molar-refractivity contribution < 1.29 is 14.0 Å². The summed E-state index contributed by atoms with van der Waals surface area (Å²) in [6.45, 7) is 2.32. The second-order valence-electron chi connectivity index (χ2n) is 5.28. The Kier molecular flexibility index (Phi) is 5.98. The topological polar surface area (TPSA) is 61.4 Å². The van der Waals surface area contributed by atoms with Crippen LogP contribution < -0.4 is 10.6 Å². The van der Waals surface area contributed by atoms with E-state index in [1.165, 1.54) is 11.0 Å². The summed E-state index contributed by atoms with van der Waals surface area (Å²) in [6, 6.07) is 4.42. The SMILES string of the molecule is CCCC(=O)Nc1ccc(Cl)c(NC(=O)N2CCC=C(F)C2)c1. The zero-order valence-corrected chi connectivity index (χ0v) is 13.6. The van der Waals surface area contributed by atoms with Crippen LogP contribution in [0.3, 0.4) is 0 Å². The molecule has 0 spiro atoms. The van der Waals surface area contributed by atoms with Gasteiger partial charge in [0.15, 0.2) is 0 Å². The van der Waals surface area contributed by atoms with Crippen LogP contribution in [-0.2, 0) is 4.79 Å². The van der Waals surface area contributed by atoms with Gasteiger partial charge in [0.05, 0.1) is 17.3 Å². The van der Waals surface area contributed by atoms with Gasteiger partial charge < -0.3 is 15.5 Å². The van der Waals surface area contributed by atoms with E-state index in [0.717, 1.165) is 6.42 Å². The Morgan fingerprint density at radius 1 is 1.35 bits per heavy atom. The number of halogens is 2. The number of benzene rings is 1. The molecule has 0 unspecified atom stereocenters. The second kappa shape index (κ2) is 7.97. The number of hydrogen-bond acceptors (Lipinski definition) is 2. The van der Waals surface area contributed by atoms with Crippen LogP contribution in [0.1, 0.15) is 26.2 Å². The minimum atomic E-state index is -0.424. The first-order valence-electron chi connectivity index (χ1n) is 7.49. The van der Waals surface area contributed by atoms with Gasteiger partial charge in [-0.05, 0) is 37.1 Å². The molecule has 0 aromatic heterocycles. The van der Waals surface area contributed by atoms with Crippen LogP contribution in [-0.4, -0.2) is 29.9 Å². The largest absolute Gasteiger partial charge is 0.326 e. The highest BCUT2D eigenvalue weighted by atomic mass is 35.5. The molecule has 0 fully saturated rings. The number of urea groups is 1. The van der Waals surface area contributed by atoms with Gasteiger partial charge >= 0.3 is 6.03 Å². The van der Waals surface area contributed by atoms with Crippen LogP contribution in [0.4, 0.5) is 20.6 Å². The van der Waals surface area contributed by atoms with Crippen LogP contribution in [0.25, 0.3) is 0 Å². The number of nitrogens with zero attached hydrogens (tertiary/aromatic N) is 1. The van der Waals surface area contributed by atoms with Gasteiger partial charge in [0.25, 0.3) is 0 Å². The zero-order chi connectivity index (χ0) is 16.8. The molecule has 0 atom stereocenters. The molecule has 0 saturated carbocycles. The van der Waals surface area contributed by atoms with Crippen molar-refractivity contribution in [3.8, 4) is 0 Å². The van der Waals surface area contributed by atoms with Gasteiger partial charge in [-0.1, -0.05) is 18.5 Å². The van der Waals surface area contributed by atoms with Crippen molar-refractivity contribution >= 4 is 34.9 Å². The summed E-state index contributed by atoms with van der Waals surface area (Å²) in [5.41, 5.74) is 0.925. The minimum Gasteiger partial charge on any atom is -0.326 e. The molecule has 1 aromatic carbocycles. The molecule has 1 aromatic rings. The maximum atomic E-state index is 13.3. The second-order valence-corrected chi connectivity index (χ2v) is 5.69. The lowest BCUT2D eigenvalue weighted by atomic mass is 10.2. The Labute approximate surface area is 139 Å². The van der Waals surface area contributed by atoms with E-state index >= 15 is 0 Å². The number of carbonyl (C=O) groups excluding carboxylic acids is 2. The van der Waals surface area contributed by atoms with E-state index in [1.807, 2.05) is 6.92 Å². The Hall–Kier alpha value is -2.08. The molecule has 1 heterocycles. The van der Waals surface area contributed by atoms with E-state index in [9.17, 15) is 14.0 Å². The lowest BCUT2D eigenvalue weighted by Crippen LogP contribution is -2.38. The van der Waals surface area contributed by atoms with Crippen molar-refractivity contribution in [2.24, 2.45) is 0 Å². The summed E-state index contributed by atoms with van der Waals surface area (Å²) in [5, 5.41) is 5.74. The highest BCUT2D eigenvalue weighted by Gasteiger charge is 2.19. The van der Waals surface area contributed by atoms with Gasteiger partial charge in [0, 0.05) is 18.7 Å². The predicted molar refractivity (Wildman–Crippen MR) is 89.4 cm³/mol. The van der Waals surface area contributed by atoms with E-state index in [1.54, 1.807) is 18.2 Å². The summed E-state index contributed by atoms with van der Waals surface area (Å²) >= 11 is 6.07. The molecule has 23 heavy (non-hydrogen) atoms. The number of amides is 3. The molecule has 0 saturated heterocycles. The number of rotatable bonds is 4. The summed E-state index contributed by atoms with van der Waals surface area (Å²) in [5.74, 6) is -0.423. The Bertz CT molecular complexity index is 634. The fourth-order valence-corrected chi connectivity index (χ4v) is 2.38. The van der Waals surface area contributed by atoms with Crippen molar-refractivity contribution in [2.45, 2.75) is 26.2 Å². The maximum absolute atomic E-state index is 13.3. The van der Waals surface area contributed by atoms with Crippen molar-refractivity contribution in [1.82, 2.24) is 4.90 Å². The molecule has 1 aliphatic heterocycles. The normalized spacial score (nSPS) is 14.2. The molecular weight excluding hydrogens is 321 g/mol. The van der Waals surface area contributed by atoms with Gasteiger partial charge in [0.1, 0.15) is 5.83 Å². The van der Waals surface area contributed by atoms with Gasteiger partial charge in [0.2, 0.25) is 5.91 Å². The fraction of sp³-hybridized carbons (Fsp3) is 0.375. The molecule has 0 radical (unpaired) electrons. The van der Waals surface area contributed by atoms with Crippen LogP contribution >= 0.6 is 11.6 Å². The first-order valence-corrected chi connectivity index (χ1v) is 7.87. The van der Waals surface area contributed by atoms with Crippen molar-refractivity contribution in [3.05, 3.63) is 35.1 Å². The van der Waals surface area contributed by atoms with E-state index in [-0.39, 0.29) is 18.3 Å². The quantitative estimate of drug-likeness (QED) is 0.864. The Morgan fingerprint density at radius 2 is 2.13 bits per heavy atom. The highest BCUT2D eigenvalue weighted by molar-refractivity contribution is 6.33. The molecule has 124 valence electrons. The van der Waals surface area contributed by atoms with Crippen molar-refractivity contribution in [1.29, 1.82) is 0 Å². The Morgan fingerprint density at radius 3 is 2.83 bits per heavy atom. The highest BCUT2D eigenvalue weighted by Crippen LogP contribution is 2.26. The van der Waals surface area contributed by atoms with Crippen molar-refractivity contribution in [2.75, 3.05) is 23.7 Å².